The van der Waals surface area contributed by atoms with Crippen LogP contribution in [0.4, 0.5) is 0 Å². The van der Waals surface area contributed by atoms with Crippen molar-refractivity contribution < 1.29 is 13.6 Å². The molecule has 0 atom stereocenters. The van der Waals surface area contributed by atoms with Gasteiger partial charge in [0.2, 0.25) is 11.3 Å². The largest absolute Gasteiger partial charge is 0.497 e. The topological polar surface area (TPSA) is 35.5 Å². The highest BCUT2D eigenvalue weighted by Gasteiger charge is 2.23. The van der Waals surface area contributed by atoms with E-state index < -0.39 is 0 Å². The predicted molar refractivity (Wildman–Crippen MR) is 106 cm³/mol. The molecule has 0 bridgehead atoms. The van der Waals surface area contributed by atoms with Crippen molar-refractivity contribution in [1.82, 2.24) is 0 Å². The SMILES string of the molecule is COc1ccc(-c2cc(-c3ccc(C)o3)[s+]c(-c3ccc(C)o3)c2)cc1. The molecule has 0 aliphatic heterocycles. The summed E-state index contributed by atoms with van der Waals surface area (Å²) < 4.78 is 17.0. The van der Waals surface area contributed by atoms with Gasteiger partial charge in [-0.15, -0.1) is 0 Å². The zero-order valence-corrected chi connectivity index (χ0v) is 15.7. The van der Waals surface area contributed by atoms with Crippen molar-refractivity contribution in [1.29, 1.82) is 0 Å². The number of hydrogen-bond donors (Lipinski definition) is 0. The van der Waals surface area contributed by atoms with Crippen LogP contribution >= 0.6 is 11.3 Å². The van der Waals surface area contributed by atoms with Gasteiger partial charge in [0.25, 0.3) is 9.75 Å². The third kappa shape index (κ3) is 3.28. The van der Waals surface area contributed by atoms with E-state index in [1.807, 2.05) is 50.2 Å². The first-order valence-electron chi connectivity index (χ1n) is 8.38. The van der Waals surface area contributed by atoms with Gasteiger partial charge in [-0.05, 0) is 61.4 Å². The zero-order chi connectivity index (χ0) is 18.1. The fraction of sp³-hybridized carbons (Fsp3) is 0.136. The van der Waals surface area contributed by atoms with Gasteiger partial charge in [-0.25, -0.2) is 0 Å². The summed E-state index contributed by atoms with van der Waals surface area (Å²) in [5.74, 6) is 4.38. The van der Waals surface area contributed by atoms with Gasteiger partial charge >= 0.3 is 0 Å². The molecule has 1 aromatic carbocycles. The minimum absolute atomic E-state index is 0.844. The lowest BCUT2D eigenvalue weighted by atomic mass is 10.1. The Balaban J connectivity index is 1.86. The molecule has 3 heterocycles. The molecule has 0 amide bonds. The first-order valence-corrected chi connectivity index (χ1v) is 9.20. The smallest absolute Gasteiger partial charge is 0.274 e. The Morgan fingerprint density at radius 1 is 0.692 bits per heavy atom. The Hall–Kier alpha value is -2.85. The average molecular weight is 363 g/mol. The molecule has 0 N–H and O–H groups in total. The number of aryl methyl sites for hydroxylation is 2. The van der Waals surface area contributed by atoms with E-state index in [0.717, 1.165) is 49.7 Å². The molecule has 0 fully saturated rings. The molecule has 0 aliphatic carbocycles. The second kappa shape index (κ2) is 6.81. The predicted octanol–water partition coefficient (Wildman–Crippen LogP) is 6.84. The Bertz CT molecular complexity index is 983. The van der Waals surface area contributed by atoms with Crippen molar-refractivity contribution in [3.8, 4) is 38.2 Å². The number of methoxy groups -OCH3 is 1. The summed E-state index contributed by atoms with van der Waals surface area (Å²) in [6.45, 7) is 3.91. The number of furan rings is 2. The number of ether oxygens (including phenoxy) is 1. The second-order valence-corrected chi connectivity index (χ2v) is 7.21. The lowest BCUT2D eigenvalue weighted by Gasteiger charge is -2.03. The summed E-state index contributed by atoms with van der Waals surface area (Å²) in [5.41, 5.74) is 2.23. The van der Waals surface area contributed by atoms with Crippen molar-refractivity contribution in [2.45, 2.75) is 13.8 Å². The van der Waals surface area contributed by atoms with Crippen LogP contribution in [0.5, 0.6) is 5.75 Å². The van der Waals surface area contributed by atoms with Crippen molar-refractivity contribution in [2.24, 2.45) is 0 Å². The van der Waals surface area contributed by atoms with Crippen LogP contribution in [0.3, 0.4) is 0 Å². The first kappa shape index (κ1) is 16.6. The molecule has 4 rings (SSSR count). The molecule has 0 saturated carbocycles. The van der Waals surface area contributed by atoms with Crippen molar-refractivity contribution in [2.75, 3.05) is 7.11 Å². The summed E-state index contributed by atoms with van der Waals surface area (Å²) in [7, 11) is 1.67. The van der Waals surface area contributed by atoms with Gasteiger partial charge in [0.05, 0.1) is 7.11 Å². The second-order valence-electron chi connectivity index (χ2n) is 6.12. The summed E-state index contributed by atoms with van der Waals surface area (Å²) >= 11 is 1.66. The van der Waals surface area contributed by atoms with E-state index in [9.17, 15) is 0 Å². The molecule has 0 spiro atoms. The van der Waals surface area contributed by atoms with Crippen molar-refractivity contribution in [3.63, 3.8) is 0 Å². The van der Waals surface area contributed by atoms with E-state index >= 15 is 0 Å². The summed E-state index contributed by atoms with van der Waals surface area (Å²) in [5, 5.41) is 0. The van der Waals surface area contributed by atoms with Crippen LogP contribution in [0.25, 0.3) is 32.4 Å². The molecule has 0 radical (unpaired) electrons. The molecule has 0 saturated heterocycles. The molecule has 0 unspecified atom stereocenters. The van der Waals surface area contributed by atoms with Crippen molar-refractivity contribution in [3.05, 3.63) is 72.2 Å². The van der Waals surface area contributed by atoms with Crippen LogP contribution in [0.15, 0.2) is 69.5 Å². The van der Waals surface area contributed by atoms with Gasteiger partial charge in [-0.1, -0.05) is 12.1 Å². The third-order valence-electron chi connectivity index (χ3n) is 4.18. The monoisotopic (exact) mass is 363 g/mol. The lowest BCUT2D eigenvalue weighted by molar-refractivity contribution is 0.415. The molecule has 3 aromatic heterocycles. The van der Waals surface area contributed by atoms with Crippen LogP contribution in [-0.2, 0) is 0 Å². The molecule has 4 heteroatoms. The quantitative estimate of drug-likeness (QED) is 0.372. The van der Waals surface area contributed by atoms with Gasteiger partial charge in [-0.2, -0.15) is 0 Å². The van der Waals surface area contributed by atoms with E-state index in [4.69, 9.17) is 13.6 Å². The fourth-order valence-electron chi connectivity index (χ4n) is 2.83. The maximum atomic E-state index is 5.85. The summed E-state index contributed by atoms with van der Waals surface area (Å²) in [6.07, 6.45) is 0. The van der Waals surface area contributed by atoms with Crippen LogP contribution in [0.1, 0.15) is 11.5 Å². The maximum Gasteiger partial charge on any atom is 0.274 e. The number of rotatable bonds is 4. The molecule has 4 aromatic rings. The Morgan fingerprint density at radius 2 is 1.23 bits per heavy atom. The van der Waals surface area contributed by atoms with Gasteiger partial charge < -0.3 is 13.6 Å². The van der Waals surface area contributed by atoms with Gasteiger partial charge in [0, 0.05) is 12.1 Å². The van der Waals surface area contributed by atoms with E-state index in [0.29, 0.717) is 0 Å². The van der Waals surface area contributed by atoms with Crippen LogP contribution in [0, 0.1) is 13.8 Å². The molecular weight excluding hydrogens is 344 g/mol. The van der Waals surface area contributed by atoms with E-state index in [2.05, 4.69) is 24.3 Å². The van der Waals surface area contributed by atoms with Crippen molar-refractivity contribution >= 4 is 11.3 Å². The molecule has 26 heavy (non-hydrogen) atoms. The van der Waals surface area contributed by atoms with Crippen LogP contribution in [-0.4, -0.2) is 7.11 Å². The van der Waals surface area contributed by atoms with Crippen LogP contribution in [0.2, 0.25) is 0 Å². The standard InChI is InChI=1S/C22H19O3S/c1-14-4-10-19(24-14)21-12-17(16-6-8-18(23-3)9-7-16)13-22(26-21)20-11-5-15(2)25-20/h4-13H,1-3H3/q+1. The third-order valence-corrected chi connectivity index (χ3v) is 5.26. The van der Waals surface area contributed by atoms with E-state index in [-0.39, 0.29) is 0 Å². The maximum absolute atomic E-state index is 5.85. The van der Waals surface area contributed by atoms with Gasteiger partial charge in [0.15, 0.2) is 11.5 Å². The Kier molecular flexibility index (Phi) is 4.35. The summed E-state index contributed by atoms with van der Waals surface area (Å²) in [4.78, 5) is 2.13. The van der Waals surface area contributed by atoms with Crippen LogP contribution < -0.4 is 4.74 Å². The fourth-order valence-corrected chi connectivity index (χ4v) is 3.86. The first-order chi connectivity index (χ1) is 12.6. The highest BCUT2D eigenvalue weighted by Crippen LogP contribution is 2.38. The average Bonchev–Trinajstić information content (AvgIpc) is 3.30. The molecular formula is C22H19O3S+. The normalized spacial score (nSPS) is 10.9. The lowest BCUT2D eigenvalue weighted by Crippen LogP contribution is -1.84. The minimum atomic E-state index is 0.844. The van der Waals surface area contributed by atoms with Gasteiger partial charge in [-0.3, -0.25) is 0 Å². The molecule has 130 valence electrons. The highest BCUT2D eigenvalue weighted by atomic mass is 32.1. The minimum Gasteiger partial charge on any atom is -0.497 e. The molecule has 0 aliphatic rings. The van der Waals surface area contributed by atoms with Gasteiger partial charge in [0.1, 0.15) is 17.3 Å². The Labute approximate surface area is 156 Å². The number of hydrogen-bond acceptors (Lipinski definition) is 3. The van der Waals surface area contributed by atoms with E-state index in [1.54, 1.807) is 18.4 Å². The summed E-state index contributed by atoms with van der Waals surface area (Å²) in [6, 6.07) is 20.4. The molecule has 3 nitrogen and oxygen atoms in total. The Morgan fingerprint density at radius 3 is 1.65 bits per heavy atom. The van der Waals surface area contributed by atoms with E-state index in [1.165, 1.54) is 0 Å². The number of benzene rings is 1. The zero-order valence-electron chi connectivity index (χ0n) is 14.9. The highest BCUT2D eigenvalue weighted by molar-refractivity contribution is 7.18.